The zero-order valence-corrected chi connectivity index (χ0v) is 36.5. The van der Waals surface area contributed by atoms with Gasteiger partial charge >= 0.3 is 11.8 Å². The Hall–Kier alpha value is -4.75. The van der Waals surface area contributed by atoms with Gasteiger partial charge in [-0.25, -0.2) is 4.99 Å². The summed E-state index contributed by atoms with van der Waals surface area (Å²) in [6.07, 6.45) is 8.18. The van der Waals surface area contributed by atoms with Gasteiger partial charge in [-0.2, -0.15) is 0 Å². The van der Waals surface area contributed by atoms with Gasteiger partial charge in [0.25, 0.3) is 11.7 Å². The number of aromatic hydroxyl groups is 2. The predicted octanol–water partition coefficient (Wildman–Crippen LogP) is 6.26. The number of hydrogen-bond donors (Lipinski definition) is 4. The minimum atomic E-state index is -1.82. The summed E-state index contributed by atoms with van der Waals surface area (Å²) in [5.41, 5.74) is 0.133. The summed E-state index contributed by atoms with van der Waals surface area (Å²) in [5, 5.41) is 39.4. The number of Topliss-reactive ketones (excluding diaryl/α,β-unsaturated/α-hetero) is 1. The number of carbonyl (C=O) groups is 3. The molecule has 5 bridgehead atoms. The Morgan fingerprint density at radius 1 is 0.932 bits per heavy atom. The van der Waals surface area contributed by atoms with Gasteiger partial charge in [-0.1, -0.05) is 73.6 Å². The smallest absolute Gasteiger partial charge is 0.312 e. The lowest BCUT2D eigenvalue weighted by atomic mass is 9.72. The maximum atomic E-state index is 14.6. The topological polar surface area (TPSA) is 180 Å². The van der Waals surface area contributed by atoms with Gasteiger partial charge in [-0.15, -0.1) is 0 Å². The highest BCUT2D eigenvalue weighted by molar-refractivity contribution is 6.21. The van der Waals surface area contributed by atoms with Crippen LogP contribution in [0.25, 0.3) is 10.8 Å². The second kappa shape index (κ2) is 16.4. The predicted molar refractivity (Wildman–Crippen MR) is 225 cm³/mol. The third-order valence-electron chi connectivity index (χ3n) is 13.6. The third kappa shape index (κ3) is 7.88. The molecule has 5 aliphatic rings. The van der Waals surface area contributed by atoms with E-state index in [1.165, 1.54) is 13.2 Å². The fourth-order valence-corrected chi connectivity index (χ4v) is 8.83. The summed E-state index contributed by atoms with van der Waals surface area (Å²) in [4.78, 5) is 53.2. The van der Waals surface area contributed by atoms with Crippen molar-refractivity contribution in [1.29, 1.82) is 0 Å². The van der Waals surface area contributed by atoms with Crippen LogP contribution in [-0.2, 0) is 19.1 Å². The van der Waals surface area contributed by atoms with Crippen LogP contribution in [-0.4, -0.2) is 81.7 Å². The van der Waals surface area contributed by atoms with Crippen LogP contribution in [0.4, 0.5) is 5.69 Å². The molecule has 0 aromatic heterocycles. The Kier molecular flexibility index (Phi) is 12.2. The Morgan fingerprint density at radius 3 is 2.24 bits per heavy atom. The Morgan fingerprint density at radius 2 is 1.59 bits per heavy atom. The first-order chi connectivity index (χ1) is 27.6. The zero-order valence-electron chi connectivity index (χ0n) is 36.5. The van der Waals surface area contributed by atoms with Crippen LogP contribution in [0.3, 0.4) is 0 Å². The standard InChI is InChI=1S/C46H62N4O9/c1-22(2)44(56)58-40-24(4)14-13-15-25(5)43(55)47-36-35-34(48-46(49-35)17-19-50(12)20-18-46)31-32(39(36)53)38(52)30(10)41-33(31)42(54)45(11,59-41)57-21-16-23(3)26(6)27(7)28(8)37(51)29(40)9/h13-16,21-24,26-29,37,40,48,51-53H,17-20H2,1-12H3/b14-13+,21-16+,25-15-,47-36?/t23-,24-,26+,27+,28-,29-,37-,40-,45-/m0/s1. The second-order valence-corrected chi connectivity index (χ2v) is 18.1. The molecule has 1 fully saturated rings. The van der Waals surface area contributed by atoms with Crippen molar-refractivity contribution in [3.05, 3.63) is 58.0 Å². The highest BCUT2D eigenvalue weighted by Gasteiger charge is 2.50. The summed E-state index contributed by atoms with van der Waals surface area (Å²) >= 11 is 0. The fraction of sp³-hybridized carbons (Fsp3) is 0.587. The van der Waals surface area contributed by atoms with Crippen molar-refractivity contribution in [2.24, 2.45) is 51.4 Å². The van der Waals surface area contributed by atoms with Gasteiger partial charge < -0.3 is 39.7 Å². The molecule has 0 saturated carbocycles. The number of benzene rings is 2. The number of aliphatic hydroxyl groups is 1. The number of ketones is 1. The lowest BCUT2D eigenvalue weighted by Gasteiger charge is -2.38. The van der Waals surface area contributed by atoms with E-state index in [-0.39, 0.29) is 91.2 Å². The zero-order chi connectivity index (χ0) is 43.5. The van der Waals surface area contributed by atoms with Gasteiger partial charge in [-0.3, -0.25) is 19.4 Å². The quantitative estimate of drug-likeness (QED) is 0.199. The van der Waals surface area contributed by atoms with E-state index >= 15 is 0 Å². The summed E-state index contributed by atoms with van der Waals surface area (Å²) < 4.78 is 18.5. The third-order valence-corrected chi connectivity index (χ3v) is 13.6. The van der Waals surface area contributed by atoms with Crippen LogP contribution in [0.2, 0.25) is 0 Å². The molecule has 5 aliphatic heterocycles. The first-order valence-electron chi connectivity index (χ1n) is 21.0. The highest BCUT2D eigenvalue weighted by Crippen LogP contribution is 2.51. The number of amides is 1. The molecule has 7 rings (SSSR count). The van der Waals surface area contributed by atoms with Gasteiger partial charge in [0.15, 0.2) is 5.75 Å². The number of aliphatic hydroxyl groups excluding tert-OH is 1. The van der Waals surface area contributed by atoms with E-state index in [4.69, 9.17) is 19.2 Å². The van der Waals surface area contributed by atoms with Crippen molar-refractivity contribution in [3.8, 4) is 17.2 Å². The fourth-order valence-electron chi connectivity index (χ4n) is 8.83. The molecule has 2 aromatic carbocycles. The highest BCUT2D eigenvalue weighted by atomic mass is 16.7. The van der Waals surface area contributed by atoms with Crippen molar-refractivity contribution in [2.45, 2.75) is 113 Å². The number of phenolic OH excluding ortho intramolecular Hbond substituents is 2. The van der Waals surface area contributed by atoms with E-state index < -0.39 is 47.0 Å². The molecule has 1 spiro atoms. The number of rotatable bonds is 2. The molecular formula is C46H62N4O9. The maximum Gasteiger partial charge on any atom is 0.312 e. The molecule has 320 valence electrons. The minimum Gasteiger partial charge on any atom is -0.507 e. The molecule has 1 amide bonds. The number of carbonyl (C=O) groups excluding carboxylic acids is 3. The first-order valence-corrected chi connectivity index (χ1v) is 21.0. The van der Waals surface area contributed by atoms with Crippen LogP contribution >= 0.6 is 0 Å². The normalized spacial score (nSPS) is 33.4. The van der Waals surface area contributed by atoms with Crippen molar-refractivity contribution < 1.29 is 43.9 Å². The van der Waals surface area contributed by atoms with Crippen molar-refractivity contribution in [3.63, 3.8) is 0 Å². The number of ether oxygens (including phenoxy) is 3. The van der Waals surface area contributed by atoms with E-state index in [0.29, 0.717) is 18.5 Å². The summed E-state index contributed by atoms with van der Waals surface area (Å²) in [5.74, 6) is -5.40. The number of nitrogens with one attached hydrogen (secondary N) is 1. The van der Waals surface area contributed by atoms with Crippen LogP contribution in [0.15, 0.2) is 46.1 Å². The van der Waals surface area contributed by atoms with Gasteiger partial charge in [-0.05, 0) is 50.6 Å². The molecule has 4 N–H and O–H groups in total. The molecule has 9 atom stereocenters. The number of likely N-dealkylation sites (tertiary alicyclic amines) is 1. The van der Waals surface area contributed by atoms with Gasteiger partial charge in [0.2, 0.25) is 0 Å². The van der Waals surface area contributed by atoms with E-state index in [0.717, 1.165) is 13.1 Å². The molecule has 0 unspecified atom stereocenters. The van der Waals surface area contributed by atoms with Crippen molar-refractivity contribution >= 4 is 34.1 Å². The van der Waals surface area contributed by atoms with Crippen LogP contribution < -0.4 is 20.8 Å². The van der Waals surface area contributed by atoms with Crippen LogP contribution in [0.1, 0.15) is 98.0 Å². The molecule has 2 aromatic rings. The molecule has 13 nitrogen and oxygen atoms in total. The molecule has 0 radical (unpaired) electrons. The Balaban J connectivity index is 1.56. The number of fused-ring (bicyclic) bond motifs is 13. The summed E-state index contributed by atoms with van der Waals surface area (Å²) in [6.45, 7) is 21.7. The largest absolute Gasteiger partial charge is 0.507 e. The summed E-state index contributed by atoms with van der Waals surface area (Å²) in [7, 11) is 2.03. The number of piperidine rings is 1. The number of phenols is 2. The Bertz CT molecular complexity index is 2260. The van der Waals surface area contributed by atoms with E-state index in [1.807, 2.05) is 46.9 Å². The average Bonchev–Trinajstić information content (AvgIpc) is 3.70. The summed E-state index contributed by atoms with van der Waals surface area (Å²) in [6, 6.07) is 0. The number of hydrogen-bond acceptors (Lipinski definition) is 12. The minimum absolute atomic E-state index is 0.0110. The monoisotopic (exact) mass is 814 g/mol. The van der Waals surface area contributed by atoms with Gasteiger partial charge in [0.1, 0.15) is 34.0 Å². The van der Waals surface area contributed by atoms with Gasteiger partial charge in [0, 0.05) is 61.2 Å². The number of anilines is 1. The van der Waals surface area contributed by atoms with Gasteiger partial charge in [0.05, 0.1) is 34.9 Å². The molecule has 1 saturated heterocycles. The average molecular weight is 815 g/mol. The van der Waals surface area contributed by atoms with E-state index in [1.54, 1.807) is 39.8 Å². The van der Waals surface area contributed by atoms with Crippen molar-refractivity contribution in [2.75, 3.05) is 25.5 Å². The Labute approximate surface area is 346 Å². The lowest BCUT2D eigenvalue weighted by Crippen LogP contribution is -2.45. The van der Waals surface area contributed by atoms with Crippen molar-refractivity contribution in [1.82, 2.24) is 4.90 Å². The molecular weight excluding hydrogens is 753 g/mol. The number of esters is 1. The van der Waals surface area contributed by atoms with E-state index in [2.05, 4.69) is 29.1 Å². The molecule has 13 heteroatoms. The van der Waals surface area contributed by atoms with Crippen LogP contribution in [0.5, 0.6) is 17.2 Å². The van der Waals surface area contributed by atoms with Crippen LogP contribution in [0, 0.1) is 48.3 Å². The second-order valence-electron chi connectivity index (χ2n) is 18.1. The first kappa shape index (κ1) is 43.8. The molecule has 59 heavy (non-hydrogen) atoms. The number of nitrogens with zero attached hydrogens (tertiary/aromatic N) is 3. The molecule has 5 heterocycles. The number of allylic oxidation sites excluding steroid dienone is 3. The lowest BCUT2D eigenvalue weighted by molar-refractivity contribution is -0.161. The SMILES string of the molecule is C/C1=C/C=C/[C@H](C)[C@H](OC(=O)C(C)C)[C@@H](C)[C@@H](O)[C@@H](C)[C@H](C)[C@H](C)[C@@H](C)/C=C/O[C@@]2(C)Oc3c(C)c(O)c4c(O)c(c5c(c4c3C2=O)NC2(CCN(C)CC2)N=5)=NC1=O. The van der Waals surface area contributed by atoms with E-state index in [9.17, 15) is 29.7 Å². The maximum absolute atomic E-state index is 14.6. The molecule has 0 aliphatic carbocycles.